The number of rotatable bonds is 10. The third-order valence-corrected chi connectivity index (χ3v) is 10.5. The van der Waals surface area contributed by atoms with Crippen molar-refractivity contribution >= 4 is 14.6 Å². The maximum absolute atomic E-state index is 10.6. The second-order valence-electron chi connectivity index (χ2n) is 9.99. The lowest BCUT2D eigenvalue weighted by Crippen LogP contribution is -2.49. The van der Waals surface area contributed by atoms with Crippen LogP contribution in [0.2, 0.25) is 18.1 Å². The summed E-state index contributed by atoms with van der Waals surface area (Å²) in [6.45, 7) is 19.0. The number of aldehydes is 1. The molecule has 1 rings (SSSR count). The van der Waals surface area contributed by atoms with Crippen molar-refractivity contribution in [3.8, 4) is 0 Å². The first-order valence-electron chi connectivity index (χ1n) is 10.3. The Hall–Kier alpha value is -0.233. The summed E-state index contributed by atoms with van der Waals surface area (Å²) in [6.07, 6.45) is 6.30. The van der Waals surface area contributed by atoms with E-state index in [4.69, 9.17) is 13.9 Å². The van der Waals surface area contributed by atoms with E-state index < -0.39 is 14.1 Å². The molecule has 1 aliphatic rings. The summed E-state index contributed by atoms with van der Waals surface area (Å²) in [5.41, 5.74) is 0. The third-order valence-electron chi connectivity index (χ3n) is 6.00. The molecule has 0 aromatic heterocycles. The molecule has 0 amide bonds. The largest absolute Gasteiger partial charge is 0.416 e. The van der Waals surface area contributed by atoms with E-state index in [-0.39, 0.29) is 11.1 Å². The maximum Gasteiger partial charge on any atom is 0.191 e. The van der Waals surface area contributed by atoms with Crippen molar-refractivity contribution in [2.45, 2.75) is 104 Å². The van der Waals surface area contributed by atoms with Crippen LogP contribution in [0.15, 0.2) is 0 Å². The zero-order valence-electron chi connectivity index (χ0n) is 18.4. The summed E-state index contributed by atoms with van der Waals surface area (Å²) in [7, 11) is -1.76. The van der Waals surface area contributed by atoms with E-state index in [9.17, 15) is 4.79 Å². The molecule has 5 heteroatoms. The molecule has 0 saturated carbocycles. The van der Waals surface area contributed by atoms with Crippen molar-refractivity contribution in [1.29, 1.82) is 0 Å². The molecular formula is C21H42O4Si. The number of ether oxygens (including phenoxy) is 2. The molecule has 0 N–H and O–H groups in total. The van der Waals surface area contributed by atoms with Crippen molar-refractivity contribution in [3.63, 3.8) is 0 Å². The molecule has 26 heavy (non-hydrogen) atoms. The Kier molecular flexibility index (Phi) is 8.98. The molecule has 1 saturated heterocycles. The summed E-state index contributed by atoms with van der Waals surface area (Å²) >= 11 is 0. The highest BCUT2D eigenvalue weighted by Crippen LogP contribution is 2.38. The van der Waals surface area contributed by atoms with E-state index in [1.54, 1.807) is 0 Å². The Bertz CT molecular complexity index is 428. The predicted molar refractivity (Wildman–Crippen MR) is 110 cm³/mol. The van der Waals surface area contributed by atoms with Crippen LogP contribution in [0, 0.1) is 11.8 Å². The molecule has 3 atom stereocenters. The summed E-state index contributed by atoms with van der Waals surface area (Å²) in [6, 6.07) is 0. The Balaban J connectivity index is 2.55. The molecule has 154 valence electrons. The fraction of sp³-hybridized carbons (Fsp3) is 0.952. The van der Waals surface area contributed by atoms with E-state index >= 15 is 0 Å². The summed E-state index contributed by atoms with van der Waals surface area (Å²) in [5.74, 6) is 0.268. The standard InChI is InChI=1S/C21H42O4Si/c1-17(13-14-22)11-9-10-12-19-18(15-23-21(5,6)25-19)16-24-26(7,8)20(2,3)4/h14,17-19H,9-13,15-16H2,1-8H3/t17-,18-,19-/m1/s1. The highest BCUT2D eigenvalue weighted by molar-refractivity contribution is 6.74. The zero-order chi connectivity index (χ0) is 20.0. The van der Waals surface area contributed by atoms with Gasteiger partial charge in [-0.15, -0.1) is 0 Å². The highest BCUT2D eigenvalue weighted by Gasteiger charge is 2.41. The van der Waals surface area contributed by atoms with Crippen LogP contribution < -0.4 is 0 Å². The summed E-state index contributed by atoms with van der Waals surface area (Å²) in [4.78, 5) is 10.6. The zero-order valence-corrected chi connectivity index (χ0v) is 19.4. The van der Waals surface area contributed by atoms with Crippen LogP contribution in [0.3, 0.4) is 0 Å². The van der Waals surface area contributed by atoms with Gasteiger partial charge in [0, 0.05) is 18.9 Å². The quantitative estimate of drug-likeness (QED) is 0.280. The SMILES string of the molecule is C[C@@H](CC=O)CCCC[C@H]1OC(C)(C)OC[C@@H]1CO[Si](C)(C)C(C)(C)C. The van der Waals surface area contributed by atoms with Crippen molar-refractivity contribution in [1.82, 2.24) is 0 Å². The molecule has 0 aromatic carbocycles. The molecule has 0 unspecified atom stereocenters. The van der Waals surface area contributed by atoms with Gasteiger partial charge in [0.05, 0.1) is 12.7 Å². The predicted octanol–water partition coefficient (Wildman–Crippen LogP) is 5.56. The highest BCUT2D eigenvalue weighted by atomic mass is 28.4. The van der Waals surface area contributed by atoms with Crippen molar-refractivity contribution in [2.75, 3.05) is 13.2 Å². The molecule has 0 spiro atoms. The van der Waals surface area contributed by atoms with Gasteiger partial charge in [-0.2, -0.15) is 0 Å². The first-order chi connectivity index (χ1) is 11.9. The fourth-order valence-corrected chi connectivity index (χ4v) is 4.08. The van der Waals surface area contributed by atoms with Gasteiger partial charge < -0.3 is 18.7 Å². The van der Waals surface area contributed by atoms with E-state index in [0.29, 0.717) is 24.9 Å². The van der Waals surface area contributed by atoms with Gasteiger partial charge in [0.1, 0.15) is 6.29 Å². The number of unbranched alkanes of at least 4 members (excludes halogenated alkanes) is 1. The maximum atomic E-state index is 10.6. The van der Waals surface area contributed by atoms with Gasteiger partial charge in [0.25, 0.3) is 0 Å². The van der Waals surface area contributed by atoms with Crippen molar-refractivity contribution < 1.29 is 18.7 Å². The average Bonchev–Trinajstić information content (AvgIpc) is 2.49. The molecule has 1 fully saturated rings. The van der Waals surface area contributed by atoms with E-state index in [1.165, 1.54) is 0 Å². The Morgan fingerprint density at radius 1 is 1.27 bits per heavy atom. The third kappa shape index (κ3) is 7.79. The number of carbonyl (C=O) groups excluding carboxylic acids is 1. The Morgan fingerprint density at radius 3 is 2.50 bits per heavy atom. The lowest BCUT2D eigenvalue weighted by molar-refractivity contribution is -0.296. The molecule has 0 aromatic rings. The van der Waals surface area contributed by atoms with Crippen LogP contribution in [0.25, 0.3) is 0 Å². The second kappa shape index (κ2) is 9.81. The minimum absolute atomic E-state index is 0.185. The van der Waals surface area contributed by atoms with Gasteiger partial charge in [0.15, 0.2) is 14.1 Å². The molecule has 1 heterocycles. The average molecular weight is 387 g/mol. The van der Waals surface area contributed by atoms with Crippen molar-refractivity contribution in [2.24, 2.45) is 11.8 Å². The molecule has 0 aliphatic carbocycles. The van der Waals surface area contributed by atoms with Gasteiger partial charge in [-0.25, -0.2) is 0 Å². The molecule has 0 bridgehead atoms. The first-order valence-corrected chi connectivity index (χ1v) is 13.2. The topological polar surface area (TPSA) is 44.8 Å². The van der Waals surface area contributed by atoms with Crippen molar-refractivity contribution in [3.05, 3.63) is 0 Å². The van der Waals surface area contributed by atoms with Gasteiger partial charge in [-0.05, 0) is 44.3 Å². The Morgan fingerprint density at radius 2 is 1.92 bits per heavy atom. The fourth-order valence-electron chi connectivity index (χ4n) is 3.01. The van der Waals surface area contributed by atoms with Crippen LogP contribution in [0.4, 0.5) is 0 Å². The summed E-state index contributed by atoms with van der Waals surface area (Å²) in [5, 5.41) is 0.215. The monoisotopic (exact) mass is 386 g/mol. The van der Waals surface area contributed by atoms with Gasteiger partial charge in [0.2, 0.25) is 0 Å². The van der Waals surface area contributed by atoms with Gasteiger partial charge in [-0.3, -0.25) is 0 Å². The van der Waals surface area contributed by atoms with Gasteiger partial charge in [-0.1, -0.05) is 47.0 Å². The van der Waals surface area contributed by atoms with Crippen LogP contribution in [-0.4, -0.2) is 39.7 Å². The van der Waals surface area contributed by atoms with Crippen LogP contribution in [0.5, 0.6) is 0 Å². The Labute approximate surface area is 162 Å². The van der Waals surface area contributed by atoms with Crippen LogP contribution >= 0.6 is 0 Å². The van der Waals surface area contributed by atoms with Crippen LogP contribution in [0.1, 0.15) is 73.6 Å². The second-order valence-corrected chi connectivity index (χ2v) is 14.8. The molecule has 1 aliphatic heterocycles. The summed E-state index contributed by atoms with van der Waals surface area (Å²) < 4.78 is 18.6. The van der Waals surface area contributed by atoms with E-state index in [0.717, 1.165) is 38.6 Å². The number of hydrogen-bond donors (Lipinski definition) is 0. The first kappa shape index (κ1) is 23.8. The molecular weight excluding hydrogens is 344 g/mol. The molecule has 0 radical (unpaired) electrons. The van der Waals surface area contributed by atoms with E-state index in [2.05, 4.69) is 40.8 Å². The minimum atomic E-state index is -1.76. The van der Waals surface area contributed by atoms with Gasteiger partial charge >= 0.3 is 0 Å². The number of hydrogen-bond acceptors (Lipinski definition) is 4. The lowest BCUT2D eigenvalue weighted by atomic mass is 9.94. The normalized spacial score (nSPS) is 25.1. The smallest absolute Gasteiger partial charge is 0.191 e. The molecule has 4 nitrogen and oxygen atoms in total. The van der Waals surface area contributed by atoms with E-state index in [1.807, 2.05) is 13.8 Å². The lowest BCUT2D eigenvalue weighted by Gasteiger charge is -2.43. The number of carbonyl (C=O) groups is 1. The minimum Gasteiger partial charge on any atom is -0.416 e. The van der Waals surface area contributed by atoms with Crippen LogP contribution in [-0.2, 0) is 18.7 Å².